The summed E-state index contributed by atoms with van der Waals surface area (Å²) in [4.78, 5) is 31.6. The summed E-state index contributed by atoms with van der Waals surface area (Å²) < 4.78 is 2.92. The normalized spacial score (nSPS) is 11.1. The second-order valence-corrected chi connectivity index (χ2v) is 4.87. The van der Waals surface area contributed by atoms with Crippen molar-refractivity contribution in [3.63, 3.8) is 0 Å². The molecule has 0 saturated heterocycles. The number of benzene rings is 1. The van der Waals surface area contributed by atoms with Gasteiger partial charge in [0.05, 0.1) is 16.5 Å². The SMILES string of the molecule is O=C(O)c1ccc(-n2ccc3c(cnc4ncnn43)c2=O)cc1. The predicted molar refractivity (Wildman–Crippen MR) is 80.8 cm³/mol. The summed E-state index contributed by atoms with van der Waals surface area (Å²) in [7, 11) is 0. The zero-order valence-corrected chi connectivity index (χ0v) is 11.6. The minimum absolute atomic E-state index is 0.161. The smallest absolute Gasteiger partial charge is 0.335 e. The van der Waals surface area contributed by atoms with Crippen LogP contribution in [0.4, 0.5) is 0 Å². The highest BCUT2D eigenvalue weighted by Gasteiger charge is 2.10. The Balaban J connectivity index is 1.94. The average molecular weight is 307 g/mol. The molecule has 0 aliphatic carbocycles. The molecule has 0 radical (unpaired) electrons. The quantitative estimate of drug-likeness (QED) is 0.595. The lowest BCUT2D eigenvalue weighted by Gasteiger charge is -2.08. The summed E-state index contributed by atoms with van der Waals surface area (Å²) in [6.07, 6.45) is 4.45. The standard InChI is InChI=1S/C15H9N5O3/c21-13-11-7-16-15-17-8-18-20(15)12(11)5-6-19(13)10-3-1-9(2-4-10)14(22)23/h1-8H,(H,22,23). The molecular formula is C15H9N5O3. The minimum Gasteiger partial charge on any atom is -0.478 e. The van der Waals surface area contributed by atoms with Crippen molar-refractivity contribution >= 4 is 22.6 Å². The molecule has 3 aromatic heterocycles. The van der Waals surface area contributed by atoms with Gasteiger partial charge in [0.2, 0.25) is 0 Å². The molecule has 8 nitrogen and oxygen atoms in total. The lowest BCUT2D eigenvalue weighted by molar-refractivity contribution is 0.0697. The van der Waals surface area contributed by atoms with Gasteiger partial charge in [-0.2, -0.15) is 14.6 Å². The fraction of sp³-hybridized carbons (Fsp3) is 0. The molecule has 0 amide bonds. The molecule has 1 aromatic carbocycles. The van der Waals surface area contributed by atoms with Crippen molar-refractivity contribution in [2.75, 3.05) is 0 Å². The summed E-state index contributed by atoms with van der Waals surface area (Å²) in [6, 6.07) is 7.81. The van der Waals surface area contributed by atoms with Gasteiger partial charge in [0.15, 0.2) is 0 Å². The molecule has 8 heteroatoms. The summed E-state index contributed by atoms with van der Waals surface area (Å²) in [6.45, 7) is 0. The summed E-state index contributed by atoms with van der Waals surface area (Å²) in [5.74, 6) is -0.597. The van der Waals surface area contributed by atoms with E-state index in [-0.39, 0.29) is 11.1 Å². The first kappa shape index (κ1) is 13.1. The largest absolute Gasteiger partial charge is 0.478 e. The Morgan fingerprint density at radius 2 is 1.87 bits per heavy atom. The number of fused-ring (bicyclic) bond motifs is 3. The third-order valence-electron chi connectivity index (χ3n) is 3.57. The summed E-state index contributed by atoms with van der Waals surface area (Å²) in [5, 5.41) is 13.4. The van der Waals surface area contributed by atoms with Crippen molar-refractivity contribution in [3.8, 4) is 5.69 Å². The van der Waals surface area contributed by atoms with Gasteiger partial charge < -0.3 is 5.11 Å². The van der Waals surface area contributed by atoms with Gasteiger partial charge in [0.25, 0.3) is 11.3 Å². The van der Waals surface area contributed by atoms with Crippen molar-refractivity contribution in [2.24, 2.45) is 0 Å². The molecule has 0 aliphatic rings. The van der Waals surface area contributed by atoms with Gasteiger partial charge in [0, 0.05) is 18.1 Å². The molecule has 0 saturated carbocycles. The van der Waals surface area contributed by atoms with Crippen LogP contribution in [0.15, 0.2) is 53.8 Å². The molecule has 4 aromatic rings. The van der Waals surface area contributed by atoms with Crippen LogP contribution in [0.25, 0.3) is 22.4 Å². The molecule has 1 N–H and O–H groups in total. The van der Waals surface area contributed by atoms with E-state index in [1.807, 2.05) is 0 Å². The van der Waals surface area contributed by atoms with Crippen molar-refractivity contribution < 1.29 is 9.90 Å². The highest BCUT2D eigenvalue weighted by Crippen LogP contribution is 2.13. The van der Waals surface area contributed by atoms with Crippen LogP contribution in [0.5, 0.6) is 0 Å². The first-order valence-electron chi connectivity index (χ1n) is 6.69. The fourth-order valence-electron chi connectivity index (χ4n) is 2.43. The van der Waals surface area contributed by atoms with E-state index in [2.05, 4.69) is 15.1 Å². The maximum absolute atomic E-state index is 12.7. The van der Waals surface area contributed by atoms with Crippen LogP contribution >= 0.6 is 0 Å². The second-order valence-electron chi connectivity index (χ2n) is 4.87. The number of hydrogen-bond donors (Lipinski definition) is 1. The van der Waals surface area contributed by atoms with Crippen LogP contribution in [-0.2, 0) is 0 Å². The number of aromatic carboxylic acids is 1. The Hall–Kier alpha value is -3.55. The van der Waals surface area contributed by atoms with E-state index in [1.54, 1.807) is 24.4 Å². The average Bonchev–Trinajstić information content (AvgIpc) is 3.04. The monoisotopic (exact) mass is 307 g/mol. The van der Waals surface area contributed by atoms with Crippen molar-refractivity contribution in [1.29, 1.82) is 0 Å². The molecular weight excluding hydrogens is 298 g/mol. The number of nitrogens with zero attached hydrogens (tertiary/aromatic N) is 5. The van der Waals surface area contributed by atoms with E-state index in [0.29, 0.717) is 22.4 Å². The third-order valence-corrected chi connectivity index (χ3v) is 3.57. The van der Waals surface area contributed by atoms with Crippen LogP contribution in [0.1, 0.15) is 10.4 Å². The van der Waals surface area contributed by atoms with Crippen LogP contribution < -0.4 is 5.56 Å². The highest BCUT2D eigenvalue weighted by molar-refractivity contribution is 5.87. The molecule has 3 heterocycles. The number of carboxylic acid groups (broad SMARTS) is 1. The number of rotatable bonds is 2. The number of carboxylic acids is 1. The maximum atomic E-state index is 12.7. The van der Waals surface area contributed by atoms with Gasteiger partial charge in [-0.25, -0.2) is 9.78 Å². The lowest BCUT2D eigenvalue weighted by atomic mass is 10.2. The zero-order chi connectivity index (χ0) is 16.0. The second kappa shape index (κ2) is 4.73. The van der Waals surface area contributed by atoms with Gasteiger partial charge in [-0.1, -0.05) is 0 Å². The fourth-order valence-corrected chi connectivity index (χ4v) is 2.43. The van der Waals surface area contributed by atoms with E-state index in [1.165, 1.54) is 33.7 Å². The Morgan fingerprint density at radius 1 is 1.09 bits per heavy atom. The van der Waals surface area contributed by atoms with Gasteiger partial charge in [-0.05, 0) is 30.3 Å². The maximum Gasteiger partial charge on any atom is 0.335 e. The van der Waals surface area contributed by atoms with E-state index in [0.717, 1.165) is 0 Å². The van der Waals surface area contributed by atoms with E-state index < -0.39 is 5.97 Å². The number of pyridine rings is 1. The van der Waals surface area contributed by atoms with E-state index >= 15 is 0 Å². The van der Waals surface area contributed by atoms with Crippen molar-refractivity contribution in [3.05, 3.63) is 65.0 Å². The van der Waals surface area contributed by atoms with Crippen LogP contribution in [-0.4, -0.2) is 35.2 Å². The van der Waals surface area contributed by atoms with Gasteiger partial charge in [-0.3, -0.25) is 9.36 Å². The highest BCUT2D eigenvalue weighted by atomic mass is 16.4. The Labute approximate surface area is 128 Å². The lowest BCUT2D eigenvalue weighted by Crippen LogP contribution is -2.19. The first-order chi connectivity index (χ1) is 11.1. The molecule has 0 atom stereocenters. The molecule has 0 aliphatic heterocycles. The van der Waals surface area contributed by atoms with Gasteiger partial charge in [0.1, 0.15) is 6.33 Å². The summed E-state index contributed by atoms with van der Waals surface area (Å²) >= 11 is 0. The topological polar surface area (TPSA) is 102 Å². The first-order valence-corrected chi connectivity index (χ1v) is 6.69. The molecule has 0 bridgehead atoms. The molecule has 0 fully saturated rings. The van der Waals surface area contributed by atoms with Crippen LogP contribution in [0.2, 0.25) is 0 Å². The van der Waals surface area contributed by atoms with Crippen LogP contribution in [0, 0.1) is 0 Å². The molecule has 112 valence electrons. The van der Waals surface area contributed by atoms with Gasteiger partial charge in [-0.15, -0.1) is 0 Å². The molecule has 4 rings (SSSR count). The van der Waals surface area contributed by atoms with Gasteiger partial charge >= 0.3 is 5.97 Å². The van der Waals surface area contributed by atoms with E-state index in [4.69, 9.17) is 5.11 Å². The minimum atomic E-state index is -1.01. The summed E-state index contributed by atoms with van der Waals surface area (Å²) in [5.41, 5.74) is 1.07. The molecule has 0 unspecified atom stereocenters. The Bertz CT molecular complexity index is 1110. The number of carbonyl (C=O) groups is 1. The van der Waals surface area contributed by atoms with Crippen molar-refractivity contribution in [2.45, 2.75) is 0 Å². The number of aromatic nitrogens is 5. The Kier molecular flexibility index (Phi) is 2.70. The zero-order valence-electron chi connectivity index (χ0n) is 11.6. The number of hydrogen-bond acceptors (Lipinski definition) is 5. The van der Waals surface area contributed by atoms with E-state index in [9.17, 15) is 9.59 Å². The molecule has 23 heavy (non-hydrogen) atoms. The van der Waals surface area contributed by atoms with Crippen molar-refractivity contribution in [1.82, 2.24) is 24.1 Å². The third kappa shape index (κ3) is 1.96. The Morgan fingerprint density at radius 3 is 2.61 bits per heavy atom. The predicted octanol–water partition coefficient (Wildman–Crippen LogP) is 1.13. The van der Waals surface area contributed by atoms with Crippen LogP contribution in [0.3, 0.4) is 0 Å². The molecule has 0 spiro atoms.